The molecule has 0 aliphatic rings. The van der Waals surface area contributed by atoms with Gasteiger partial charge in [0.1, 0.15) is 6.33 Å². The summed E-state index contributed by atoms with van der Waals surface area (Å²) < 4.78 is 3.01. The van der Waals surface area contributed by atoms with Gasteiger partial charge >= 0.3 is 0 Å². The van der Waals surface area contributed by atoms with Gasteiger partial charge in [0.2, 0.25) is 0 Å². The molecular weight excluding hydrogens is 327 g/mol. The quantitative estimate of drug-likeness (QED) is 0.642. The van der Waals surface area contributed by atoms with Crippen molar-refractivity contribution in [2.45, 2.75) is 6.92 Å². The van der Waals surface area contributed by atoms with E-state index in [1.54, 1.807) is 6.33 Å². The van der Waals surface area contributed by atoms with Crippen molar-refractivity contribution in [2.24, 2.45) is 0 Å². The maximum atomic E-state index is 4.38. The Kier molecular flexibility index (Phi) is 2.54. The fourth-order valence-electron chi connectivity index (χ4n) is 1.76. The minimum Gasteiger partial charge on any atom is -0.241 e. The molecule has 17 heavy (non-hydrogen) atoms. The van der Waals surface area contributed by atoms with E-state index in [4.69, 9.17) is 0 Å². The van der Waals surface area contributed by atoms with Crippen LogP contribution in [-0.2, 0) is 0 Å². The number of rotatable bonds is 1. The predicted octanol–water partition coefficient (Wildman–Crippen LogP) is 2.73. The van der Waals surface area contributed by atoms with E-state index in [1.165, 1.54) is 3.57 Å². The summed E-state index contributed by atoms with van der Waals surface area (Å²) in [5, 5.41) is 5.37. The number of nitrogens with zero attached hydrogens (tertiary/aromatic N) is 4. The first-order valence-electron chi connectivity index (χ1n) is 5.17. The minimum atomic E-state index is 0.847. The SMILES string of the molecule is Cc1ncnc2c1cnn2-c1cccc(I)c1. The number of benzene rings is 1. The number of hydrogen-bond acceptors (Lipinski definition) is 3. The van der Waals surface area contributed by atoms with Crippen LogP contribution in [0.1, 0.15) is 5.69 Å². The Morgan fingerprint density at radius 2 is 2.12 bits per heavy atom. The van der Waals surface area contributed by atoms with E-state index in [0.717, 1.165) is 22.4 Å². The van der Waals surface area contributed by atoms with Crippen molar-refractivity contribution in [3.63, 3.8) is 0 Å². The van der Waals surface area contributed by atoms with Crippen LogP contribution in [0.3, 0.4) is 0 Å². The van der Waals surface area contributed by atoms with Gasteiger partial charge in [-0.3, -0.25) is 0 Å². The Labute approximate surface area is 112 Å². The van der Waals surface area contributed by atoms with Crippen LogP contribution in [0.5, 0.6) is 0 Å². The summed E-state index contributed by atoms with van der Waals surface area (Å²) >= 11 is 2.29. The lowest BCUT2D eigenvalue weighted by molar-refractivity contribution is 0.893. The third kappa shape index (κ3) is 1.80. The molecule has 0 fully saturated rings. The Morgan fingerprint density at radius 1 is 1.24 bits per heavy atom. The maximum absolute atomic E-state index is 4.38. The van der Waals surface area contributed by atoms with Crippen LogP contribution >= 0.6 is 22.6 Å². The van der Waals surface area contributed by atoms with E-state index in [0.29, 0.717) is 0 Å². The maximum Gasteiger partial charge on any atom is 0.166 e. The highest BCUT2D eigenvalue weighted by Crippen LogP contribution is 2.18. The summed E-state index contributed by atoms with van der Waals surface area (Å²) in [5.74, 6) is 0. The van der Waals surface area contributed by atoms with Crippen molar-refractivity contribution in [1.29, 1.82) is 0 Å². The van der Waals surface area contributed by atoms with E-state index < -0.39 is 0 Å². The first-order valence-corrected chi connectivity index (χ1v) is 6.25. The van der Waals surface area contributed by atoms with Gasteiger partial charge in [0.05, 0.1) is 23.0 Å². The highest BCUT2D eigenvalue weighted by molar-refractivity contribution is 14.1. The standard InChI is InChI=1S/C12H9IN4/c1-8-11-6-16-17(12(11)15-7-14-8)10-4-2-3-9(13)5-10/h2-7H,1H3. The molecule has 2 aromatic heterocycles. The summed E-state index contributed by atoms with van der Waals surface area (Å²) in [5.41, 5.74) is 2.82. The number of halogens is 1. The van der Waals surface area contributed by atoms with Gasteiger partial charge in [-0.15, -0.1) is 0 Å². The molecule has 0 unspecified atom stereocenters. The molecule has 84 valence electrons. The van der Waals surface area contributed by atoms with Gasteiger partial charge in [-0.1, -0.05) is 6.07 Å². The normalized spacial score (nSPS) is 10.9. The van der Waals surface area contributed by atoms with Crippen LogP contribution in [0.4, 0.5) is 0 Å². The average molecular weight is 336 g/mol. The number of aryl methyl sites for hydroxylation is 1. The first-order chi connectivity index (χ1) is 8.25. The summed E-state index contributed by atoms with van der Waals surface area (Å²) in [6.07, 6.45) is 3.38. The summed E-state index contributed by atoms with van der Waals surface area (Å²) in [7, 11) is 0. The Morgan fingerprint density at radius 3 is 2.94 bits per heavy atom. The Bertz CT molecular complexity index is 690. The molecular formula is C12H9IN4. The lowest BCUT2D eigenvalue weighted by Crippen LogP contribution is -1.98. The minimum absolute atomic E-state index is 0.847. The van der Waals surface area contributed by atoms with E-state index in [-0.39, 0.29) is 0 Å². The van der Waals surface area contributed by atoms with E-state index >= 15 is 0 Å². The van der Waals surface area contributed by atoms with Crippen LogP contribution < -0.4 is 0 Å². The second kappa shape index (κ2) is 4.06. The Balaban J connectivity index is 2.28. The van der Waals surface area contributed by atoms with Crippen LogP contribution in [0.15, 0.2) is 36.8 Å². The van der Waals surface area contributed by atoms with Gasteiger partial charge in [-0.2, -0.15) is 5.10 Å². The number of fused-ring (bicyclic) bond motifs is 1. The molecule has 0 saturated heterocycles. The van der Waals surface area contributed by atoms with E-state index in [9.17, 15) is 0 Å². The van der Waals surface area contributed by atoms with Gasteiger partial charge in [0, 0.05) is 3.57 Å². The lowest BCUT2D eigenvalue weighted by Gasteiger charge is -2.03. The largest absolute Gasteiger partial charge is 0.241 e. The molecule has 0 spiro atoms. The highest BCUT2D eigenvalue weighted by atomic mass is 127. The van der Waals surface area contributed by atoms with Crippen molar-refractivity contribution in [3.05, 3.63) is 46.1 Å². The van der Waals surface area contributed by atoms with Crippen molar-refractivity contribution in [3.8, 4) is 5.69 Å². The number of hydrogen-bond donors (Lipinski definition) is 0. The molecule has 0 bridgehead atoms. The molecule has 2 heterocycles. The van der Waals surface area contributed by atoms with Crippen LogP contribution in [0, 0.1) is 10.5 Å². The average Bonchev–Trinajstić information content (AvgIpc) is 2.74. The fourth-order valence-corrected chi connectivity index (χ4v) is 2.28. The fraction of sp³-hybridized carbons (Fsp3) is 0.0833. The monoisotopic (exact) mass is 336 g/mol. The predicted molar refractivity (Wildman–Crippen MR) is 74.1 cm³/mol. The molecule has 3 aromatic rings. The molecule has 3 rings (SSSR count). The Hall–Kier alpha value is -1.50. The first kappa shape index (κ1) is 10.6. The molecule has 0 radical (unpaired) electrons. The molecule has 0 saturated carbocycles. The van der Waals surface area contributed by atoms with Gasteiger partial charge in [-0.25, -0.2) is 14.6 Å². The van der Waals surface area contributed by atoms with Crippen LogP contribution in [-0.4, -0.2) is 19.7 Å². The molecule has 0 N–H and O–H groups in total. The van der Waals surface area contributed by atoms with E-state index in [2.05, 4.69) is 49.8 Å². The zero-order chi connectivity index (χ0) is 11.8. The second-order valence-corrected chi connectivity index (χ2v) is 4.98. The van der Waals surface area contributed by atoms with Gasteiger partial charge in [0.25, 0.3) is 0 Å². The second-order valence-electron chi connectivity index (χ2n) is 3.73. The van der Waals surface area contributed by atoms with E-state index in [1.807, 2.05) is 29.9 Å². The lowest BCUT2D eigenvalue weighted by atomic mass is 10.3. The molecule has 5 heteroatoms. The zero-order valence-electron chi connectivity index (χ0n) is 9.13. The van der Waals surface area contributed by atoms with Gasteiger partial charge in [0.15, 0.2) is 5.65 Å². The van der Waals surface area contributed by atoms with Crippen LogP contribution in [0.2, 0.25) is 0 Å². The number of aromatic nitrogens is 4. The molecule has 0 aliphatic carbocycles. The van der Waals surface area contributed by atoms with Crippen molar-refractivity contribution in [2.75, 3.05) is 0 Å². The smallest absolute Gasteiger partial charge is 0.166 e. The summed E-state index contributed by atoms with van der Waals surface area (Å²) in [4.78, 5) is 8.46. The van der Waals surface area contributed by atoms with Gasteiger partial charge < -0.3 is 0 Å². The van der Waals surface area contributed by atoms with Crippen molar-refractivity contribution >= 4 is 33.6 Å². The summed E-state index contributed by atoms with van der Waals surface area (Å²) in [6, 6.07) is 8.16. The zero-order valence-corrected chi connectivity index (χ0v) is 11.3. The topological polar surface area (TPSA) is 43.6 Å². The molecule has 1 aromatic carbocycles. The molecule has 0 amide bonds. The third-order valence-electron chi connectivity index (χ3n) is 2.62. The third-order valence-corrected chi connectivity index (χ3v) is 3.29. The van der Waals surface area contributed by atoms with Crippen molar-refractivity contribution < 1.29 is 0 Å². The molecule has 4 nitrogen and oxygen atoms in total. The van der Waals surface area contributed by atoms with Crippen LogP contribution in [0.25, 0.3) is 16.7 Å². The highest BCUT2D eigenvalue weighted by Gasteiger charge is 2.08. The molecule has 0 atom stereocenters. The summed E-state index contributed by atoms with van der Waals surface area (Å²) in [6.45, 7) is 1.96. The van der Waals surface area contributed by atoms with Gasteiger partial charge in [-0.05, 0) is 47.7 Å². The molecule has 0 aliphatic heterocycles. The van der Waals surface area contributed by atoms with Crippen molar-refractivity contribution in [1.82, 2.24) is 19.7 Å².